The molecule has 1 fully saturated rings. The first-order valence-corrected chi connectivity index (χ1v) is 6.17. The molecular formula is C12H23NO2. The van der Waals surface area contributed by atoms with Gasteiger partial charge in [0.1, 0.15) is 0 Å². The molecule has 0 aromatic carbocycles. The fourth-order valence-electron chi connectivity index (χ4n) is 2.03. The van der Waals surface area contributed by atoms with Gasteiger partial charge >= 0.3 is 0 Å². The van der Waals surface area contributed by atoms with Gasteiger partial charge in [-0.2, -0.15) is 0 Å². The van der Waals surface area contributed by atoms with Crippen molar-refractivity contribution in [2.45, 2.75) is 58.0 Å². The van der Waals surface area contributed by atoms with E-state index in [-0.39, 0.29) is 12.0 Å². The molecule has 0 aromatic heterocycles. The highest BCUT2D eigenvalue weighted by molar-refractivity contribution is 5.75. The van der Waals surface area contributed by atoms with Crippen molar-refractivity contribution in [3.8, 4) is 0 Å². The van der Waals surface area contributed by atoms with Crippen LogP contribution >= 0.6 is 0 Å². The number of aliphatic hydroxyl groups is 1. The van der Waals surface area contributed by atoms with Crippen molar-refractivity contribution in [2.75, 3.05) is 6.54 Å². The van der Waals surface area contributed by atoms with E-state index in [1.165, 1.54) is 0 Å². The van der Waals surface area contributed by atoms with Crippen LogP contribution in [0, 0.1) is 5.92 Å². The van der Waals surface area contributed by atoms with E-state index in [0.29, 0.717) is 12.3 Å². The van der Waals surface area contributed by atoms with E-state index in [9.17, 15) is 9.90 Å². The summed E-state index contributed by atoms with van der Waals surface area (Å²) < 4.78 is 0. The van der Waals surface area contributed by atoms with Crippen LogP contribution in [0.5, 0.6) is 0 Å². The Hall–Kier alpha value is -0.570. The Balaban J connectivity index is 2.06. The van der Waals surface area contributed by atoms with Crippen LogP contribution in [0.15, 0.2) is 0 Å². The van der Waals surface area contributed by atoms with E-state index in [0.717, 1.165) is 45.1 Å². The molecule has 1 amide bonds. The number of carbonyl (C=O) groups is 1. The van der Waals surface area contributed by atoms with Gasteiger partial charge in [-0.3, -0.25) is 4.79 Å². The fourth-order valence-corrected chi connectivity index (χ4v) is 2.03. The molecule has 3 heteroatoms. The Kier molecular flexibility index (Phi) is 5.69. The normalized spacial score (nSPS) is 26.3. The van der Waals surface area contributed by atoms with Gasteiger partial charge in [0.05, 0.1) is 6.10 Å². The highest BCUT2D eigenvalue weighted by Gasteiger charge is 2.19. The summed E-state index contributed by atoms with van der Waals surface area (Å²) in [6.45, 7) is 2.89. The molecular weight excluding hydrogens is 190 g/mol. The molecule has 1 rings (SSSR count). The molecule has 0 aliphatic heterocycles. The van der Waals surface area contributed by atoms with Crippen molar-refractivity contribution in [2.24, 2.45) is 5.92 Å². The number of aliphatic hydroxyl groups excluding tert-OH is 1. The molecule has 1 aliphatic carbocycles. The van der Waals surface area contributed by atoms with Crippen LogP contribution in [-0.4, -0.2) is 23.7 Å². The van der Waals surface area contributed by atoms with Crippen LogP contribution < -0.4 is 5.32 Å². The molecule has 0 bridgehead atoms. The summed E-state index contributed by atoms with van der Waals surface area (Å²) in [5.74, 6) is 0.766. The molecule has 3 nitrogen and oxygen atoms in total. The summed E-state index contributed by atoms with van der Waals surface area (Å²) in [6, 6.07) is 0. The monoisotopic (exact) mass is 213 g/mol. The largest absolute Gasteiger partial charge is 0.393 e. The minimum Gasteiger partial charge on any atom is -0.393 e. The molecule has 1 aliphatic rings. The number of unbranched alkanes of at least 4 members (excludes halogenated alkanes) is 1. The van der Waals surface area contributed by atoms with Gasteiger partial charge in [-0.05, 0) is 38.0 Å². The first kappa shape index (κ1) is 12.5. The molecule has 88 valence electrons. The van der Waals surface area contributed by atoms with Crippen LogP contribution in [0.1, 0.15) is 51.9 Å². The first-order chi connectivity index (χ1) is 7.22. The summed E-state index contributed by atoms with van der Waals surface area (Å²) in [4.78, 5) is 11.3. The topological polar surface area (TPSA) is 49.3 Å². The second-order valence-electron chi connectivity index (χ2n) is 4.58. The number of hydrogen-bond acceptors (Lipinski definition) is 2. The van der Waals surface area contributed by atoms with Crippen LogP contribution in [0.3, 0.4) is 0 Å². The fraction of sp³-hybridized carbons (Fsp3) is 0.917. The van der Waals surface area contributed by atoms with Crippen LogP contribution in [0.25, 0.3) is 0 Å². The summed E-state index contributed by atoms with van der Waals surface area (Å²) in [7, 11) is 0. The Morgan fingerprint density at radius 3 is 2.60 bits per heavy atom. The third kappa shape index (κ3) is 5.17. The van der Waals surface area contributed by atoms with Crippen molar-refractivity contribution >= 4 is 5.91 Å². The number of rotatable bonds is 5. The zero-order valence-corrected chi connectivity index (χ0v) is 9.67. The molecule has 2 N–H and O–H groups in total. The Morgan fingerprint density at radius 2 is 2.00 bits per heavy atom. The number of amides is 1. The van der Waals surface area contributed by atoms with Gasteiger partial charge in [0.15, 0.2) is 0 Å². The van der Waals surface area contributed by atoms with Crippen molar-refractivity contribution in [1.29, 1.82) is 0 Å². The minimum atomic E-state index is -0.1000. The maximum Gasteiger partial charge on any atom is 0.220 e. The average Bonchev–Trinajstić information content (AvgIpc) is 2.25. The maximum absolute atomic E-state index is 11.3. The van der Waals surface area contributed by atoms with E-state index < -0.39 is 0 Å². The molecule has 15 heavy (non-hydrogen) atoms. The van der Waals surface area contributed by atoms with Gasteiger partial charge in [0.2, 0.25) is 5.91 Å². The van der Waals surface area contributed by atoms with Crippen LogP contribution in [0.2, 0.25) is 0 Å². The van der Waals surface area contributed by atoms with Gasteiger partial charge in [-0.25, -0.2) is 0 Å². The van der Waals surface area contributed by atoms with Gasteiger partial charge < -0.3 is 10.4 Å². The minimum absolute atomic E-state index is 0.1000. The molecule has 0 radical (unpaired) electrons. The van der Waals surface area contributed by atoms with E-state index in [1.807, 2.05) is 0 Å². The van der Waals surface area contributed by atoms with E-state index in [2.05, 4.69) is 12.2 Å². The number of nitrogens with one attached hydrogen (secondary N) is 1. The smallest absolute Gasteiger partial charge is 0.220 e. The summed E-state index contributed by atoms with van der Waals surface area (Å²) in [5.41, 5.74) is 0. The average molecular weight is 213 g/mol. The SMILES string of the molecule is CCCCC(=O)NCC1CCC(O)CC1. The lowest BCUT2D eigenvalue weighted by atomic mass is 9.87. The van der Waals surface area contributed by atoms with Crippen molar-refractivity contribution < 1.29 is 9.90 Å². The highest BCUT2D eigenvalue weighted by atomic mass is 16.3. The molecule has 1 saturated carbocycles. The third-order valence-electron chi connectivity index (χ3n) is 3.16. The summed E-state index contributed by atoms with van der Waals surface area (Å²) in [6.07, 6.45) is 6.51. The Labute approximate surface area is 92.3 Å². The summed E-state index contributed by atoms with van der Waals surface area (Å²) in [5, 5.41) is 12.3. The molecule has 0 saturated heterocycles. The number of hydrogen-bond donors (Lipinski definition) is 2. The lowest BCUT2D eigenvalue weighted by molar-refractivity contribution is -0.121. The van der Waals surface area contributed by atoms with E-state index in [1.54, 1.807) is 0 Å². The molecule has 0 atom stereocenters. The van der Waals surface area contributed by atoms with Gasteiger partial charge in [-0.15, -0.1) is 0 Å². The first-order valence-electron chi connectivity index (χ1n) is 6.17. The molecule has 0 spiro atoms. The van der Waals surface area contributed by atoms with E-state index in [4.69, 9.17) is 0 Å². The van der Waals surface area contributed by atoms with Gasteiger partial charge in [0, 0.05) is 13.0 Å². The summed E-state index contributed by atoms with van der Waals surface area (Å²) >= 11 is 0. The zero-order chi connectivity index (χ0) is 11.1. The van der Waals surface area contributed by atoms with Gasteiger partial charge in [0.25, 0.3) is 0 Å². The maximum atomic E-state index is 11.3. The lowest BCUT2D eigenvalue weighted by Crippen LogP contribution is -2.31. The van der Waals surface area contributed by atoms with Crippen LogP contribution in [-0.2, 0) is 4.79 Å². The zero-order valence-electron chi connectivity index (χ0n) is 9.67. The van der Waals surface area contributed by atoms with E-state index >= 15 is 0 Å². The number of carbonyl (C=O) groups excluding carboxylic acids is 1. The van der Waals surface area contributed by atoms with Crippen molar-refractivity contribution in [3.63, 3.8) is 0 Å². The molecule has 0 heterocycles. The molecule has 0 aromatic rings. The second kappa shape index (κ2) is 6.83. The standard InChI is InChI=1S/C12H23NO2/c1-2-3-4-12(15)13-9-10-5-7-11(14)8-6-10/h10-11,14H,2-9H2,1H3,(H,13,15). The van der Waals surface area contributed by atoms with Gasteiger partial charge in [-0.1, -0.05) is 13.3 Å². The highest BCUT2D eigenvalue weighted by Crippen LogP contribution is 2.23. The van der Waals surface area contributed by atoms with Crippen molar-refractivity contribution in [1.82, 2.24) is 5.32 Å². The van der Waals surface area contributed by atoms with Crippen molar-refractivity contribution in [3.05, 3.63) is 0 Å². The Bertz CT molecular complexity index is 186. The lowest BCUT2D eigenvalue weighted by Gasteiger charge is -2.25. The quantitative estimate of drug-likeness (QED) is 0.732. The van der Waals surface area contributed by atoms with Crippen LogP contribution in [0.4, 0.5) is 0 Å². The predicted octanol–water partition coefficient (Wildman–Crippen LogP) is 1.84. The second-order valence-corrected chi connectivity index (χ2v) is 4.58. The Morgan fingerprint density at radius 1 is 1.33 bits per heavy atom. The predicted molar refractivity (Wildman–Crippen MR) is 60.5 cm³/mol. The molecule has 0 unspecified atom stereocenters. The third-order valence-corrected chi connectivity index (χ3v) is 3.16.